The van der Waals surface area contributed by atoms with Crippen LogP contribution in [0.4, 0.5) is 0 Å². The summed E-state index contributed by atoms with van der Waals surface area (Å²) in [6, 6.07) is 8.46. The van der Waals surface area contributed by atoms with Crippen molar-refractivity contribution in [2.24, 2.45) is 5.10 Å². The number of halogens is 2. The van der Waals surface area contributed by atoms with Crippen LogP contribution in [0.5, 0.6) is 17.2 Å². The summed E-state index contributed by atoms with van der Waals surface area (Å²) in [5.41, 5.74) is 3.40. The molecule has 0 spiro atoms. The molecule has 24 heavy (non-hydrogen) atoms. The molecule has 2 aromatic carbocycles. The predicted octanol–water partition coefficient (Wildman–Crippen LogP) is 3.60. The zero-order valence-corrected chi connectivity index (χ0v) is 14.8. The molecule has 0 saturated carbocycles. The van der Waals surface area contributed by atoms with Crippen molar-refractivity contribution in [2.45, 2.75) is 0 Å². The zero-order chi connectivity index (χ0) is 17.1. The summed E-state index contributed by atoms with van der Waals surface area (Å²) >= 11 is 9.46. The third-order valence-corrected chi connectivity index (χ3v) is 4.09. The number of rotatable bonds is 4. The fraction of sp³-hybridized carbons (Fsp3) is 0.125. The fourth-order valence-electron chi connectivity index (χ4n) is 2.11. The highest BCUT2D eigenvalue weighted by atomic mass is 79.9. The zero-order valence-electron chi connectivity index (χ0n) is 12.5. The van der Waals surface area contributed by atoms with Gasteiger partial charge in [-0.25, -0.2) is 5.43 Å². The Morgan fingerprint density at radius 1 is 1.33 bits per heavy atom. The van der Waals surface area contributed by atoms with Gasteiger partial charge in [0.15, 0.2) is 11.5 Å². The maximum atomic E-state index is 12.2. The highest BCUT2D eigenvalue weighted by molar-refractivity contribution is 9.10. The maximum absolute atomic E-state index is 12.2. The number of nitrogens with zero attached hydrogens (tertiary/aromatic N) is 1. The van der Waals surface area contributed by atoms with E-state index < -0.39 is 5.91 Å². The normalized spacial score (nSPS) is 12.5. The minimum atomic E-state index is -0.402. The Labute approximate surface area is 151 Å². The van der Waals surface area contributed by atoms with E-state index in [2.05, 4.69) is 26.5 Å². The van der Waals surface area contributed by atoms with Crippen LogP contribution in [-0.4, -0.2) is 26.0 Å². The lowest BCUT2D eigenvalue weighted by Gasteiger charge is -2.07. The van der Waals surface area contributed by atoms with Gasteiger partial charge in [0.25, 0.3) is 5.91 Å². The molecule has 1 aliphatic rings. The van der Waals surface area contributed by atoms with E-state index in [-0.39, 0.29) is 6.79 Å². The van der Waals surface area contributed by atoms with Crippen LogP contribution in [0, 0.1) is 0 Å². The average molecular weight is 412 g/mol. The monoisotopic (exact) mass is 410 g/mol. The summed E-state index contributed by atoms with van der Waals surface area (Å²) in [6.45, 7) is 0.158. The largest absolute Gasteiger partial charge is 0.496 e. The van der Waals surface area contributed by atoms with E-state index in [0.29, 0.717) is 33.4 Å². The van der Waals surface area contributed by atoms with Crippen LogP contribution in [0.25, 0.3) is 0 Å². The molecule has 0 radical (unpaired) electrons. The summed E-state index contributed by atoms with van der Waals surface area (Å²) in [5, 5.41) is 4.38. The number of amides is 1. The third kappa shape index (κ3) is 3.47. The van der Waals surface area contributed by atoms with Crippen LogP contribution in [-0.2, 0) is 0 Å². The van der Waals surface area contributed by atoms with E-state index >= 15 is 0 Å². The highest BCUT2D eigenvalue weighted by Gasteiger charge is 2.16. The van der Waals surface area contributed by atoms with Crippen LogP contribution in [0.2, 0.25) is 5.02 Å². The summed E-state index contributed by atoms with van der Waals surface area (Å²) in [6.07, 6.45) is 1.44. The second-order valence-corrected chi connectivity index (χ2v) is 6.09. The topological polar surface area (TPSA) is 69.2 Å². The molecule has 0 aromatic heterocycles. The van der Waals surface area contributed by atoms with E-state index in [9.17, 15) is 4.79 Å². The van der Waals surface area contributed by atoms with E-state index in [0.717, 1.165) is 4.47 Å². The molecule has 2 aromatic rings. The Hall–Kier alpha value is -2.25. The second-order valence-electron chi connectivity index (χ2n) is 4.77. The van der Waals surface area contributed by atoms with E-state index in [1.54, 1.807) is 30.3 Å². The van der Waals surface area contributed by atoms with Gasteiger partial charge in [0.05, 0.1) is 23.9 Å². The van der Waals surface area contributed by atoms with Crippen molar-refractivity contribution in [3.8, 4) is 17.2 Å². The maximum Gasteiger partial charge on any atom is 0.275 e. The number of methoxy groups -OCH3 is 1. The fourth-order valence-corrected chi connectivity index (χ4v) is 2.67. The number of ether oxygens (including phenoxy) is 3. The Morgan fingerprint density at radius 2 is 2.08 bits per heavy atom. The van der Waals surface area contributed by atoms with Crippen LogP contribution < -0.4 is 19.6 Å². The SMILES string of the molecule is COc1ccc(Br)cc1C(=O)N/N=C\c1cc2c(cc1Cl)OCO2. The molecule has 0 unspecified atom stereocenters. The molecule has 3 rings (SSSR count). The minimum Gasteiger partial charge on any atom is -0.496 e. The lowest BCUT2D eigenvalue weighted by atomic mass is 10.2. The molecule has 6 nitrogen and oxygen atoms in total. The van der Waals surface area contributed by atoms with Gasteiger partial charge in [-0.15, -0.1) is 0 Å². The molecular weight excluding hydrogens is 400 g/mol. The number of carbonyl (C=O) groups excluding carboxylic acids is 1. The van der Waals surface area contributed by atoms with Gasteiger partial charge in [-0.1, -0.05) is 27.5 Å². The van der Waals surface area contributed by atoms with Crippen molar-refractivity contribution in [2.75, 3.05) is 13.9 Å². The van der Waals surface area contributed by atoms with Crippen LogP contribution >= 0.6 is 27.5 Å². The first kappa shape index (κ1) is 16.6. The van der Waals surface area contributed by atoms with Gasteiger partial charge in [-0.05, 0) is 24.3 Å². The molecule has 0 saturated heterocycles. The minimum absolute atomic E-state index is 0.158. The highest BCUT2D eigenvalue weighted by Crippen LogP contribution is 2.36. The Bertz CT molecular complexity index is 826. The van der Waals surface area contributed by atoms with Crippen molar-refractivity contribution in [3.05, 3.63) is 51.0 Å². The van der Waals surface area contributed by atoms with Gasteiger partial charge in [0, 0.05) is 16.1 Å². The van der Waals surface area contributed by atoms with E-state index in [1.807, 2.05) is 0 Å². The molecule has 0 fully saturated rings. The molecule has 1 N–H and O–H groups in total. The summed E-state index contributed by atoms with van der Waals surface area (Å²) in [7, 11) is 1.50. The lowest BCUT2D eigenvalue weighted by Crippen LogP contribution is -2.18. The Balaban J connectivity index is 1.75. The van der Waals surface area contributed by atoms with Crippen molar-refractivity contribution < 1.29 is 19.0 Å². The standard InChI is InChI=1S/C16H12BrClN2O4/c1-22-13-3-2-10(17)5-11(13)16(21)20-19-7-9-4-14-15(6-12(9)18)24-8-23-14/h2-7H,8H2,1H3,(H,20,21)/b19-7-. The molecule has 1 amide bonds. The van der Waals surface area contributed by atoms with Crippen molar-refractivity contribution in [1.82, 2.24) is 5.43 Å². The van der Waals surface area contributed by atoms with Crippen molar-refractivity contribution >= 4 is 39.7 Å². The number of hydrogen-bond donors (Lipinski definition) is 1. The van der Waals surface area contributed by atoms with Gasteiger partial charge in [0.2, 0.25) is 6.79 Å². The quantitative estimate of drug-likeness (QED) is 0.616. The number of fused-ring (bicyclic) bond motifs is 1. The summed E-state index contributed by atoms with van der Waals surface area (Å²) < 4.78 is 16.4. The molecule has 0 atom stereocenters. The molecule has 0 bridgehead atoms. The van der Waals surface area contributed by atoms with Crippen molar-refractivity contribution in [3.63, 3.8) is 0 Å². The molecular formula is C16H12BrClN2O4. The van der Waals surface area contributed by atoms with Gasteiger partial charge in [0.1, 0.15) is 5.75 Å². The number of hydrogen-bond acceptors (Lipinski definition) is 5. The van der Waals surface area contributed by atoms with Gasteiger partial charge in [-0.3, -0.25) is 4.79 Å². The Kier molecular flexibility index (Phi) is 4.92. The van der Waals surface area contributed by atoms with Gasteiger partial charge in [-0.2, -0.15) is 5.10 Å². The smallest absolute Gasteiger partial charge is 0.275 e. The summed E-state index contributed by atoms with van der Waals surface area (Å²) in [5.74, 6) is 1.22. The Morgan fingerprint density at radius 3 is 2.83 bits per heavy atom. The first-order chi connectivity index (χ1) is 11.6. The first-order valence-corrected chi connectivity index (χ1v) is 8.01. The number of nitrogens with one attached hydrogen (secondary N) is 1. The van der Waals surface area contributed by atoms with E-state index in [4.69, 9.17) is 25.8 Å². The van der Waals surface area contributed by atoms with Crippen LogP contribution in [0.3, 0.4) is 0 Å². The van der Waals surface area contributed by atoms with Crippen molar-refractivity contribution in [1.29, 1.82) is 0 Å². The molecule has 1 aliphatic heterocycles. The second kappa shape index (κ2) is 7.11. The van der Waals surface area contributed by atoms with E-state index in [1.165, 1.54) is 13.3 Å². The summed E-state index contributed by atoms with van der Waals surface area (Å²) in [4.78, 5) is 12.2. The molecule has 0 aliphatic carbocycles. The van der Waals surface area contributed by atoms with Crippen LogP contribution in [0.15, 0.2) is 39.9 Å². The number of benzene rings is 2. The van der Waals surface area contributed by atoms with Crippen LogP contribution in [0.1, 0.15) is 15.9 Å². The predicted molar refractivity (Wildman–Crippen MR) is 93.3 cm³/mol. The van der Waals surface area contributed by atoms with Gasteiger partial charge < -0.3 is 14.2 Å². The first-order valence-electron chi connectivity index (χ1n) is 6.84. The lowest BCUT2D eigenvalue weighted by molar-refractivity contribution is 0.0952. The molecule has 1 heterocycles. The third-order valence-electron chi connectivity index (χ3n) is 3.27. The molecule has 8 heteroatoms. The average Bonchev–Trinajstić information content (AvgIpc) is 3.01. The number of hydrazone groups is 1. The number of carbonyl (C=O) groups is 1. The molecule has 124 valence electrons. The van der Waals surface area contributed by atoms with Gasteiger partial charge >= 0.3 is 0 Å².